The lowest BCUT2D eigenvalue weighted by molar-refractivity contribution is -0.139. The fourth-order valence-corrected chi connectivity index (χ4v) is 5.14. The number of rotatable bonds is 14. The largest absolute Gasteiger partial charge is 0.477 e. The molecule has 1 aliphatic carbocycles. The Morgan fingerprint density at radius 2 is 1.76 bits per heavy atom. The predicted molar refractivity (Wildman–Crippen MR) is 159 cm³/mol. The summed E-state index contributed by atoms with van der Waals surface area (Å²) in [6.45, 7) is 7.96. The lowest BCUT2D eigenvalue weighted by atomic mass is 9.70. The van der Waals surface area contributed by atoms with Crippen molar-refractivity contribution in [2.75, 3.05) is 51.3 Å². The van der Waals surface area contributed by atoms with Crippen molar-refractivity contribution in [3.8, 4) is 5.88 Å². The van der Waals surface area contributed by atoms with Gasteiger partial charge in [-0.25, -0.2) is 9.78 Å². The molecule has 1 saturated heterocycles. The number of Topliss-reactive ketones (excluding diaryl/α,β-unsaturated/α-hetero) is 1. The highest BCUT2D eigenvalue weighted by atomic mass is 16.6. The number of piperazine rings is 1. The number of nitrogens with zero attached hydrogens (tertiary/aromatic N) is 4. The van der Waals surface area contributed by atoms with E-state index in [2.05, 4.69) is 37.4 Å². The Balaban J connectivity index is 1.28. The molecule has 2 heterocycles. The van der Waals surface area contributed by atoms with Crippen molar-refractivity contribution in [2.24, 2.45) is 5.41 Å². The molecule has 0 spiro atoms. The zero-order valence-corrected chi connectivity index (χ0v) is 25.0. The normalized spacial score (nSPS) is 17.8. The van der Waals surface area contributed by atoms with Gasteiger partial charge in [-0.15, -0.1) is 0 Å². The standard InChI is InChI=1S/C31H44N6O5/c1-4-5-12-25(27(38)28(39)33-23(2)24-10-7-6-8-11-24)34-30(40)42-22-31(14-9-15-31)21-41-26-13-16-32-29(35-26)37-19-17-36(3)18-20-37/h6-8,10-11,13,16,23,25H,4-5,9,12,14-15,17-22H2,1-3H3,(H,33,39)(H,34,40)/t23-,25+/m1/s1. The number of hydrogen-bond donors (Lipinski definition) is 2. The van der Waals surface area contributed by atoms with Crippen LogP contribution < -0.4 is 20.3 Å². The molecule has 2 amide bonds. The first-order chi connectivity index (χ1) is 20.3. The molecule has 2 aromatic rings. The SMILES string of the molecule is CCCC[C@H](NC(=O)OCC1(COc2ccnc(N3CCN(C)CC3)n2)CCC1)C(=O)C(=O)N[C@H](C)c1ccccc1. The Labute approximate surface area is 248 Å². The number of amides is 2. The summed E-state index contributed by atoms with van der Waals surface area (Å²) in [7, 11) is 2.10. The minimum absolute atomic E-state index is 0.154. The summed E-state index contributed by atoms with van der Waals surface area (Å²) in [6.07, 6.45) is 5.59. The van der Waals surface area contributed by atoms with Crippen molar-refractivity contribution >= 4 is 23.7 Å². The summed E-state index contributed by atoms with van der Waals surface area (Å²) in [5, 5.41) is 5.39. The minimum atomic E-state index is -0.956. The molecule has 11 nitrogen and oxygen atoms in total. The fourth-order valence-electron chi connectivity index (χ4n) is 5.14. The minimum Gasteiger partial charge on any atom is -0.477 e. The number of ether oxygens (including phenoxy) is 2. The van der Waals surface area contributed by atoms with Crippen LogP contribution in [0.25, 0.3) is 0 Å². The molecule has 2 atom stereocenters. The molecule has 2 fully saturated rings. The van der Waals surface area contributed by atoms with Crippen molar-refractivity contribution in [3.63, 3.8) is 0 Å². The molecule has 0 bridgehead atoms. The number of ketones is 1. The first-order valence-electron chi connectivity index (χ1n) is 15.0. The lowest BCUT2D eigenvalue weighted by Crippen LogP contribution is -2.49. The third kappa shape index (κ3) is 8.64. The molecular weight excluding hydrogens is 536 g/mol. The van der Waals surface area contributed by atoms with E-state index >= 15 is 0 Å². The van der Waals surface area contributed by atoms with Gasteiger partial charge in [0.1, 0.15) is 12.6 Å². The second kappa shape index (κ2) is 14.9. The van der Waals surface area contributed by atoms with E-state index in [4.69, 9.17) is 9.47 Å². The molecule has 1 saturated carbocycles. The molecule has 2 N–H and O–H groups in total. The molecule has 1 aromatic carbocycles. The van der Waals surface area contributed by atoms with Crippen LogP contribution in [0.3, 0.4) is 0 Å². The molecule has 2 aliphatic rings. The van der Waals surface area contributed by atoms with Crippen LogP contribution >= 0.6 is 0 Å². The topological polar surface area (TPSA) is 126 Å². The van der Waals surface area contributed by atoms with Crippen LogP contribution in [0.1, 0.15) is 64.0 Å². The lowest BCUT2D eigenvalue weighted by Gasteiger charge is -2.40. The summed E-state index contributed by atoms with van der Waals surface area (Å²) in [6, 6.07) is 9.86. The number of likely N-dealkylation sites (N-methyl/N-ethyl adjacent to an activating group) is 1. The van der Waals surface area contributed by atoms with Gasteiger partial charge in [0.25, 0.3) is 5.91 Å². The van der Waals surface area contributed by atoms with Gasteiger partial charge in [0.15, 0.2) is 0 Å². The maximum atomic E-state index is 13.0. The molecule has 11 heteroatoms. The molecule has 1 aliphatic heterocycles. The van der Waals surface area contributed by atoms with E-state index in [1.54, 1.807) is 12.3 Å². The fraction of sp³-hybridized carbons (Fsp3) is 0.581. The number of nitrogens with one attached hydrogen (secondary N) is 2. The Morgan fingerprint density at radius 3 is 2.43 bits per heavy atom. The summed E-state index contributed by atoms with van der Waals surface area (Å²) in [4.78, 5) is 52.0. The van der Waals surface area contributed by atoms with E-state index in [-0.39, 0.29) is 18.1 Å². The average molecular weight is 581 g/mol. The first kappa shape index (κ1) is 31.2. The van der Waals surface area contributed by atoms with Crippen molar-refractivity contribution < 1.29 is 23.9 Å². The van der Waals surface area contributed by atoms with Gasteiger partial charge >= 0.3 is 6.09 Å². The van der Waals surface area contributed by atoms with Gasteiger partial charge in [0.2, 0.25) is 17.6 Å². The summed E-state index contributed by atoms with van der Waals surface area (Å²) >= 11 is 0. The van der Waals surface area contributed by atoms with Crippen LogP contribution in [0.5, 0.6) is 5.88 Å². The predicted octanol–water partition coefficient (Wildman–Crippen LogP) is 3.51. The average Bonchev–Trinajstić information content (AvgIpc) is 2.99. The van der Waals surface area contributed by atoms with Gasteiger partial charge < -0.3 is 29.9 Å². The second-order valence-corrected chi connectivity index (χ2v) is 11.5. The van der Waals surface area contributed by atoms with Gasteiger partial charge in [0, 0.05) is 43.9 Å². The quantitative estimate of drug-likeness (QED) is 0.323. The van der Waals surface area contributed by atoms with E-state index in [1.807, 2.05) is 44.2 Å². The number of carbonyl (C=O) groups excluding carboxylic acids is 3. The molecule has 4 rings (SSSR count). The number of hydrogen-bond acceptors (Lipinski definition) is 9. The van der Waals surface area contributed by atoms with Crippen molar-refractivity contribution in [2.45, 2.75) is 64.5 Å². The summed E-state index contributed by atoms with van der Waals surface area (Å²) < 4.78 is 11.7. The third-order valence-electron chi connectivity index (χ3n) is 8.18. The molecule has 228 valence electrons. The van der Waals surface area contributed by atoms with E-state index in [1.165, 1.54) is 0 Å². The number of aromatic nitrogens is 2. The third-order valence-corrected chi connectivity index (χ3v) is 8.18. The Bertz CT molecular complexity index is 1180. The maximum absolute atomic E-state index is 13.0. The zero-order chi connectivity index (χ0) is 30.0. The van der Waals surface area contributed by atoms with E-state index in [0.717, 1.165) is 57.4 Å². The van der Waals surface area contributed by atoms with Gasteiger partial charge in [-0.3, -0.25) is 9.59 Å². The number of anilines is 1. The second-order valence-electron chi connectivity index (χ2n) is 11.5. The van der Waals surface area contributed by atoms with Gasteiger partial charge in [-0.05, 0) is 38.8 Å². The number of alkyl carbamates (subject to hydrolysis) is 1. The van der Waals surface area contributed by atoms with Crippen molar-refractivity contribution in [1.82, 2.24) is 25.5 Å². The van der Waals surface area contributed by atoms with Gasteiger partial charge in [0.05, 0.1) is 12.6 Å². The number of unbranched alkanes of at least 4 members (excludes halogenated alkanes) is 1. The van der Waals surface area contributed by atoms with E-state index < -0.39 is 23.8 Å². The van der Waals surface area contributed by atoms with Crippen molar-refractivity contribution in [1.29, 1.82) is 0 Å². The monoisotopic (exact) mass is 580 g/mol. The smallest absolute Gasteiger partial charge is 0.407 e. The zero-order valence-electron chi connectivity index (χ0n) is 25.0. The Hall–Kier alpha value is -3.73. The molecule has 0 radical (unpaired) electrons. The van der Waals surface area contributed by atoms with Crippen LogP contribution in [-0.2, 0) is 14.3 Å². The highest BCUT2D eigenvalue weighted by Crippen LogP contribution is 2.41. The maximum Gasteiger partial charge on any atom is 0.407 e. The van der Waals surface area contributed by atoms with E-state index in [9.17, 15) is 14.4 Å². The highest BCUT2D eigenvalue weighted by molar-refractivity contribution is 6.38. The summed E-state index contributed by atoms with van der Waals surface area (Å²) in [5.41, 5.74) is 0.573. The number of benzene rings is 1. The molecule has 42 heavy (non-hydrogen) atoms. The summed E-state index contributed by atoms with van der Waals surface area (Å²) in [5.74, 6) is -0.248. The van der Waals surface area contributed by atoms with Crippen LogP contribution in [0.15, 0.2) is 42.6 Å². The van der Waals surface area contributed by atoms with Crippen LogP contribution in [0.2, 0.25) is 0 Å². The van der Waals surface area contributed by atoms with Crippen LogP contribution in [0.4, 0.5) is 10.7 Å². The molecule has 1 aromatic heterocycles. The van der Waals surface area contributed by atoms with Crippen LogP contribution in [-0.4, -0.2) is 85.1 Å². The molecular formula is C31H44N6O5. The van der Waals surface area contributed by atoms with E-state index in [0.29, 0.717) is 31.3 Å². The number of carbonyl (C=O) groups is 3. The highest BCUT2D eigenvalue weighted by Gasteiger charge is 2.40. The van der Waals surface area contributed by atoms with Gasteiger partial charge in [-0.2, -0.15) is 4.98 Å². The van der Waals surface area contributed by atoms with Gasteiger partial charge in [-0.1, -0.05) is 56.5 Å². The Morgan fingerprint density at radius 1 is 1.02 bits per heavy atom. The molecule has 0 unspecified atom stereocenters. The van der Waals surface area contributed by atoms with Crippen LogP contribution in [0, 0.1) is 5.41 Å². The Kier molecular flexibility index (Phi) is 11.1. The first-order valence-corrected chi connectivity index (χ1v) is 15.0. The van der Waals surface area contributed by atoms with Crippen molar-refractivity contribution in [3.05, 3.63) is 48.2 Å².